The van der Waals surface area contributed by atoms with Gasteiger partial charge in [0.1, 0.15) is 5.00 Å². The number of hydrogen-bond donors (Lipinski definition) is 1. The van der Waals surface area contributed by atoms with Crippen LogP contribution >= 0.6 is 11.3 Å². The minimum Gasteiger partial charge on any atom is -0.462 e. The zero-order valence-electron chi connectivity index (χ0n) is 16.4. The summed E-state index contributed by atoms with van der Waals surface area (Å²) in [5.41, 5.74) is 1.81. The van der Waals surface area contributed by atoms with Crippen molar-refractivity contribution in [1.29, 1.82) is 0 Å². The number of hydrogen-bond acceptors (Lipinski definition) is 8. The van der Waals surface area contributed by atoms with Crippen molar-refractivity contribution in [2.75, 3.05) is 18.5 Å². The molecule has 1 aliphatic carbocycles. The molecule has 2 aromatic rings. The maximum Gasteiger partial charge on any atom is 0.341 e. The van der Waals surface area contributed by atoms with E-state index in [1.165, 1.54) is 35.8 Å². The Kier molecular flexibility index (Phi) is 7.12. The van der Waals surface area contributed by atoms with Crippen molar-refractivity contribution in [3.63, 3.8) is 0 Å². The van der Waals surface area contributed by atoms with Crippen molar-refractivity contribution in [3.8, 4) is 0 Å². The number of nitro groups is 1. The molecule has 158 valence electrons. The maximum absolute atomic E-state index is 12.4. The van der Waals surface area contributed by atoms with Crippen LogP contribution in [0.25, 0.3) is 0 Å². The van der Waals surface area contributed by atoms with Crippen molar-refractivity contribution in [1.82, 2.24) is 0 Å². The summed E-state index contributed by atoms with van der Waals surface area (Å²) < 4.78 is 5.16. The fourth-order valence-corrected chi connectivity index (χ4v) is 4.44. The van der Waals surface area contributed by atoms with Gasteiger partial charge in [0.15, 0.2) is 6.61 Å². The van der Waals surface area contributed by atoms with Crippen molar-refractivity contribution in [2.24, 2.45) is 5.16 Å². The molecule has 0 atom stereocenters. The molecule has 0 bridgehead atoms. The third-order valence-electron chi connectivity index (χ3n) is 4.46. The highest BCUT2D eigenvalue weighted by molar-refractivity contribution is 7.17. The van der Waals surface area contributed by atoms with Crippen molar-refractivity contribution in [3.05, 3.63) is 55.9 Å². The molecule has 1 aromatic carbocycles. The number of nitro benzene ring substituents is 1. The zero-order chi connectivity index (χ0) is 21.5. The number of amides is 1. The Bertz CT molecular complexity index is 985. The van der Waals surface area contributed by atoms with Crippen LogP contribution in [-0.4, -0.2) is 36.2 Å². The minimum absolute atomic E-state index is 0.0650. The van der Waals surface area contributed by atoms with Gasteiger partial charge in [-0.1, -0.05) is 17.3 Å². The van der Waals surface area contributed by atoms with Crippen LogP contribution in [0.15, 0.2) is 29.4 Å². The van der Waals surface area contributed by atoms with Gasteiger partial charge in [0.2, 0.25) is 0 Å². The average Bonchev–Trinajstić information content (AvgIpc) is 3.09. The Morgan fingerprint density at radius 3 is 2.90 bits per heavy atom. The molecule has 0 radical (unpaired) electrons. The SMILES string of the molecule is CCOC(=O)c1c(NC(=O)CO/N=C/c2cccc([N+](=O)[O-])c2)sc2c1CCCC2. The molecule has 0 unspecified atom stereocenters. The van der Waals surface area contributed by atoms with Gasteiger partial charge in [0.25, 0.3) is 11.6 Å². The maximum atomic E-state index is 12.4. The van der Waals surface area contributed by atoms with Gasteiger partial charge in [-0.15, -0.1) is 11.3 Å². The number of esters is 1. The van der Waals surface area contributed by atoms with E-state index in [0.717, 1.165) is 36.1 Å². The summed E-state index contributed by atoms with van der Waals surface area (Å²) in [7, 11) is 0. The van der Waals surface area contributed by atoms with Gasteiger partial charge in [-0.2, -0.15) is 0 Å². The molecule has 10 heteroatoms. The second-order valence-electron chi connectivity index (χ2n) is 6.54. The van der Waals surface area contributed by atoms with Gasteiger partial charge in [-0.25, -0.2) is 4.79 Å². The lowest BCUT2D eigenvalue weighted by Crippen LogP contribution is -2.19. The van der Waals surface area contributed by atoms with Gasteiger partial charge >= 0.3 is 5.97 Å². The van der Waals surface area contributed by atoms with Crippen molar-refractivity contribution < 1.29 is 24.1 Å². The Labute approximate surface area is 176 Å². The summed E-state index contributed by atoms with van der Waals surface area (Å²) in [6.45, 7) is 1.63. The normalized spacial score (nSPS) is 13.0. The lowest BCUT2D eigenvalue weighted by atomic mass is 9.95. The number of carbonyl (C=O) groups is 2. The zero-order valence-corrected chi connectivity index (χ0v) is 17.2. The Morgan fingerprint density at radius 1 is 1.33 bits per heavy atom. The Hall–Kier alpha value is -3.27. The number of carbonyl (C=O) groups excluding carboxylic acids is 2. The Balaban J connectivity index is 1.62. The summed E-state index contributed by atoms with van der Waals surface area (Å²) in [6.07, 6.45) is 5.01. The van der Waals surface area contributed by atoms with Crippen LogP contribution in [0.1, 0.15) is 46.1 Å². The van der Waals surface area contributed by atoms with Crippen LogP contribution in [0.2, 0.25) is 0 Å². The molecule has 1 amide bonds. The highest BCUT2D eigenvalue weighted by Crippen LogP contribution is 2.38. The molecule has 0 saturated carbocycles. The third kappa shape index (κ3) is 5.20. The first-order valence-corrected chi connectivity index (χ1v) is 10.3. The molecule has 30 heavy (non-hydrogen) atoms. The number of non-ortho nitro benzene ring substituents is 1. The summed E-state index contributed by atoms with van der Waals surface area (Å²) in [5, 5.41) is 17.6. The summed E-state index contributed by atoms with van der Waals surface area (Å²) in [6, 6.07) is 5.87. The highest BCUT2D eigenvalue weighted by Gasteiger charge is 2.27. The van der Waals surface area contributed by atoms with E-state index >= 15 is 0 Å². The number of anilines is 1. The molecule has 9 nitrogen and oxygen atoms in total. The lowest BCUT2D eigenvalue weighted by Gasteiger charge is -2.12. The fraction of sp³-hybridized carbons (Fsp3) is 0.350. The number of fused-ring (bicyclic) bond motifs is 1. The van der Waals surface area contributed by atoms with Gasteiger partial charge in [-0.3, -0.25) is 14.9 Å². The average molecular weight is 431 g/mol. The molecule has 1 aliphatic rings. The van der Waals surface area contributed by atoms with E-state index < -0.39 is 16.8 Å². The van der Waals surface area contributed by atoms with Gasteiger partial charge in [0, 0.05) is 22.6 Å². The second kappa shape index (κ2) is 9.97. The number of ether oxygens (including phenoxy) is 1. The van der Waals surface area contributed by atoms with Crippen LogP contribution in [0.5, 0.6) is 0 Å². The minimum atomic E-state index is -0.507. The second-order valence-corrected chi connectivity index (χ2v) is 7.65. The molecule has 3 rings (SSSR count). The third-order valence-corrected chi connectivity index (χ3v) is 5.66. The molecule has 0 fully saturated rings. The van der Waals surface area contributed by atoms with Gasteiger partial charge in [-0.05, 0) is 38.2 Å². The molecule has 1 heterocycles. The van der Waals surface area contributed by atoms with E-state index in [4.69, 9.17) is 9.57 Å². The number of rotatable bonds is 8. The van der Waals surface area contributed by atoms with Gasteiger partial charge < -0.3 is 14.9 Å². The van der Waals surface area contributed by atoms with Crippen LogP contribution < -0.4 is 5.32 Å². The van der Waals surface area contributed by atoms with E-state index in [9.17, 15) is 19.7 Å². The summed E-state index contributed by atoms with van der Waals surface area (Å²) >= 11 is 1.39. The fourth-order valence-electron chi connectivity index (χ4n) is 3.15. The van der Waals surface area contributed by atoms with Crippen LogP contribution in [0.4, 0.5) is 10.7 Å². The van der Waals surface area contributed by atoms with Crippen LogP contribution in [0, 0.1) is 10.1 Å². The number of benzene rings is 1. The topological polar surface area (TPSA) is 120 Å². The molecular weight excluding hydrogens is 410 g/mol. The molecule has 0 spiro atoms. The largest absolute Gasteiger partial charge is 0.462 e. The van der Waals surface area contributed by atoms with E-state index in [2.05, 4.69) is 10.5 Å². The first-order chi connectivity index (χ1) is 14.5. The van der Waals surface area contributed by atoms with E-state index in [1.54, 1.807) is 13.0 Å². The number of thiophene rings is 1. The van der Waals surface area contributed by atoms with Crippen molar-refractivity contribution in [2.45, 2.75) is 32.6 Å². The number of aryl methyl sites for hydroxylation is 1. The standard InChI is InChI=1S/C20H21N3O6S/c1-2-28-20(25)18-15-8-3-4-9-16(15)30-19(18)22-17(24)12-29-21-11-13-6-5-7-14(10-13)23(26)27/h5-7,10-11H,2-4,8-9,12H2,1H3,(H,22,24)/b21-11+. The molecular formula is C20H21N3O6S. The van der Waals surface area contributed by atoms with E-state index in [-0.39, 0.29) is 18.9 Å². The van der Waals surface area contributed by atoms with Gasteiger partial charge in [0.05, 0.1) is 23.3 Å². The predicted octanol–water partition coefficient (Wildman–Crippen LogP) is 3.70. The number of oxime groups is 1. The van der Waals surface area contributed by atoms with Crippen LogP contribution in [0.3, 0.4) is 0 Å². The molecule has 0 saturated heterocycles. The summed E-state index contributed by atoms with van der Waals surface area (Å²) in [4.78, 5) is 41.0. The first-order valence-electron chi connectivity index (χ1n) is 9.51. The first kappa shape index (κ1) is 21.4. The van der Waals surface area contributed by atoms with Crippen molar-refractivity contribution >= 4 is 40.1 Å². The monoisotopic (exact) mass is 431 g/mol. The van der Waals surface area contributed by atoms with Crippen LogP contribution in [-0.2, 0) is 27.2 Å². The Morgan fingerprint density at radius 2 is 2.13 bits per heavy atom. The highest BCUT2D eigenvalue weighted by atomic mass is 32.1. The van der Waals surface area contributed by atoms with E-state index in [1.807, 2.05) is 0 Å². The number of nitrogens with zero attached hydrogens (tertiary/aromatic N) is 2. The molecule has 0 aliphatic heterocycles. The summed E-state index contributed by atoms with van der Waals surface area (Å²) in [5.74, 6) is -0.896. The number of nitrogens with one attached hydrogen (secondary N) is 1. The lowest BCUT2D eigenvalue weighted by molar-refractivity contribution is -0.384. The predicted molar refractivity (Wildman–Crippen MR) is 112 cm³/mol. The molecule has 1 aromatic heterocycles. The van der Waals surface area contributed by atoms with E-state index in [0.29, 0.717) is 16.1 Å². The molecule has 1 N–H and O–H groups in total. The quantitative estimate of drug-likeness (QED) is 0.294. The smallest absolute Gasteiger partial charge is 0.341 e.